The zero-order valence-electron chi connectivity index (χ0n) is 25.4. The number of anilines is 1. The Labute approximate surface area is 249 Å². The number of nitrogens with one attached hydrogen (secondary N) is 2. The smallest absolute Gasteiger partial charge is 0.319 e. The van der Waals surface area contributed by atoms with Gasteiger partial charge in [0.05, 0.1) is 19.2 Å². The molecule has 2 aromatic carbocycles. The average molecular weight is 579 g/mol. The summed E-state index contributed by atoms with van der Waals surface area (Å²) < 4.78 is 18.1. The number of aromatic nitrogens is 1. The van der Waals surface area contributed by atoms with E-state index in [-0.39, 0.29) is 18.1 Å². The molecule has 0 aliphatic heterocycles. The minimum Gasteiger partial charge on any atom is -0.493 e. The van der Waals surface area contributed by atoms with Crippen molar-refractivity contribution in [3.63, 3.8) is 0 Å². The Morgan fingerprint density at radius 2 is 1.79 bits per heavy atom. The highest BCUT2D eigenvalue weighted by atomic mass is 16.5. The number of benzene rings is 2. The van der Waals surface area contributed by atoms with Crippen molar-refractivity contribution in [1.82, 2.24) is 15.2 Å². The second-order valence-corrected chi connectivity index (χ2v) is 12.0. The van der Waals surface area contributed by atoms with Gasteiger partial charge in [0.25, 0.3) is 0 Å². The van der Waals surface area contributed by atoms with Crippen LogP contribution in [0.25, 0.3) is 10.9 Å². The van der Waals surface area contributed by atoms with Gasteiger partial charge in [0.1, 0.15) is 18.1 Å². The summed E-state index contributed by atoms with van der Waals surface area (Å²) in [6, 6.07) is 13.1. The van der Waals surface area contributed by atoms with Gasteiger partial charge in [0, 0.05) is 49.0 Å². The molecule has 4 rings (SSSR count). The van der Waals surface area contributed by atoms with Gasteiger partial charge in [0.2, 0.25) is 0 Å². The fourth-order valence-corrected chi connectivity index (χ4v) is 5.27. The second kappa shape index (κ2) is 15.1. The number of hydrogen-bond acceptors (Lipinski definition) is 7. The molecule has 0 spiro atoms. The first-order chi connectivity index (χ1) is 20.3. The quantitative estimate of drug-likeness (QED) is 0.210. The zero-order valence-corrected chi connectivity index (χ0v) is 25.4. The van der Waals surface area contributed by atoms with E-state index in [1.807, 2.05) is 42.5 Å². The van der Waals surface area contributed by atoms with Crippen LogP contribution < -0.4 is 24.8 Å². The summed E-state index contributed by atoms with van der Waals surface area (Å²) in [6.07, 6.45) is 8.76. The summed E-state index contributed by atoms with van der Waals surface area (Å²) in [5, 5.41) is 16.1. The number of fused-ring (bicyclic) bond motifs is 1. The van der Waals surface area contributed by atoms with Crippen LogP contribution in [0, 0.1) is 5.41 Å². The third kappa shape index (κ3) is 9.22. The van der Waals surface area contributed by atoms with Gasteiger partial charge in [-0.05, 0) is 61.1 Å². The van der Waals surface area contributed by atoms with Crippen molar-refractivity contribution >= 4 is 22.6 Å². The van der Waals surface area contributed by atoms with Crippen LogP contribution in [0.1, 0.15) is 59.3 Å². The fourth-order valence-electron chi connectivity index (χ4n) is 5.27. The Balaban J connectivity index is 1.38. The van der Waals surface area contributed by atoms with Gasteiger partial charge in [-0.25, -0.2) is 4.79 Å². The van der Waals surface area contributed by atoms with Gasteiger partial charge in [-0.3, -0.25) is 9.88 Å². The van der Waals surface area contributed by atoms with Crippen LogP contribution >= 0.6 is 0 Å². The van der Waals surface area contributed by atoms with E-state index in [2.05, 4.69) is 41.3 Å². The maximum atomic E-state index is 12.2. The molecular weight excluding hydrogens is 532 g/mol. The number of carbonyl (C=O) groups is 1. The number of methoxy groups -OCH3 is 1. The molecule has 0 saturated heterocycles. The molecule has 42 heavy (non-hydrogen) atoms. The molecular formula is C33H46N4O5. The summed E-state index contributed by atoms with van der Waals surface area (Å²) in [7, 11) is 1.62. The summed E-state index contributed by atoms with van der Waals surface area (Å²) in [5.74, 6) is 2.49. The first-order valence-corrected chi connectivity index (χ1v) is 15.0. The molecule has 0 unspecified atom stereocenters. The van der Waals surface area contributed by atoms with Gasteiger partial charge in [-0.2, -0.15) is 0 Å². The normalized spacial score (nSPS) is 14.1. The molecule has 1 heterocycles. The Kier molecular flexibility index (Phi) is 11.3. The summed E-state index contributed by atoms with van der Waals surface area (Å²) in [4.78, 5) is 19.1. The highest BCUT2D eigenvalue weighted by Crippen LogP contribution is 2.37. The number of urea groups is 1. The van der Waals surface area contributed by atoms with E-state index in [9.17, 15) is 9.90 Å². The van der Waals surface area contributed by atoms with Gasteiger partial charge in [-0.1, -0.05) is 40.0 Å². The predicted octanol–water partition coefficient (Wildman–Crippen LogP) is 6.60. The predicted molar refractivity (Wildman–Crippen MR) is 167 cm³/mol. The molecule has 2 amide bonds. The van der Waals surface area contributed by atoms with Crippen LogP contribution in [0.4, 0.5) is 10.5 Å². The summed E-state index contributed by atoms with van der Waals surface area (Å²) in [5.41, 5.74) is 1.58. The van der Waals surface area contributed by atoms with E-state index in [4.69, 9.17) is 14.2 Å². The molecule has 0 bridgehead atoms. The Hall–Kier alpha value is -3.56. The Morgan fingerprint density at radius 3 is 2.48 bits per heavy atom. The lowest BCUT2D eigenvalue weighted by molar-refractivity contribution is 0.105. The summed E-state index contributed by atoms with van der Waals surface area (Å²) >= 11 is 0. The molecule has 1 aliphatic carbocycles. The monoisotopic (exact) mass is 578 g/mol. The number of ether oxygens (including phenoxy) is 3. The first-order valence-electron chi connectivity index (χ1n) is 15.0. The molecule has 9 heteroatoms. The number of pyridine rings is 1. The van der Waals surface area contributed by atoms with Gasteiger partial charge < -0.3 is 30.0 Å². The van der Waals surface area contributed by atoms with Crippen molar-refractivity contribution < 1.29 is 24.1 Å². The molecule has 0 radical (unpaired) electrons. The number of hydrogen-bond donors (Lipinski definition) is 3. The third-order valence-electron chi connectivity index (χ3n) is 7.60. The highest BCUT2D eigenvalue weighted by Gasteiger charge is 2.21. The lowest BCUT2D eigenvalue weighted by Crippen LogP contribution is -2.41. The number of aliphatic hydroxyl groups excluding tert-OH is 1. The molecule has 1 aliphatic rings. The number of rotatable bonds is 13. The summed E-state index contributed by atoms with van der Waals surface area (Å²) in [6.45, 7) is 9.09. The van der Waals surface area contributed by atoms with Crippen molar-refractivity contribution in [3.05, 3.63) is 48.7 Å². The van der Waals surface area contributed by atoms with E-state index in [1.165, 1.54) is 32.1 Å². The van der Waals surface area contributed by atoms with E-state index < -0.39 is 0 Å². The van der Waals surface area contributed by atoms with Crippen LogP contribution in [0.2, 0.25) is 0 Å². The van der Waals surface area contributed by atoms with Crippen LogP contribution in [0.5, 0.6) is 23.0 Å². The molecule has 228 valence electrons. The van der Waals surface area contributed by atoms with Crippen molar-refractivity contribution in [2.24, 2.45) is 5.41 Å². The number of aliphatic hydroxyl groups is 1. The van der Waals surface area contributed by atoms with E-state index in [1.54, 1.807) is 13.3 Å². The van der Waals surface area contributed by atoms with Crippen molar-refractivity contribution in [1.29, 1.82) is 0 Å². The topological polar surface area (TPSA) is 105 Å². The Bertz CT molecular complexity index is 1290. The fraction of sp³-hybridized carbons (Fsp3) is 0.515. The molecule has 1 saturated carbocycles. The maximum Gasteiger partial charge on any atom is 0.319 e. The van der Waals surface area contributed by atoms with Crippen LogP contribution in [0.15, 0.2) is 48.7 Å². The first kappa shape index (κ1) is 31.4. The number of nitrogens with zero attached hydrogens (tertiary/aromatic N) is 2. The highest BCUT2D eigenvalue weighted by molar-refractivity contribution is 5.89. The van der Waals surface area contributed by atoms with E-state index >= 15 is 0 Å². The molecule has 1 fully saturated rings. The lowest BCUT2D eigenvalue weighted by Gasteiger charge is -2.33. The molecule has 3 N–H and O–H groups in total. The molecule has 1 aromatic heterocycles. The second-order valence-electron chi connectivity index (χ2n) is 12.0. The maximum absolute atomic E-state index is 12.2. The van der Waals surface area contributed by atoms with E-state index in [0.29, 0.717) is 54.4 Å². The molecule has 3 aromatic rings. The van der Waals surface area contributed by atoms with Gasteiger partial charge in [-0.15, -0.1) is 0 Å². The van der Waals surface area contributed by atoms with Crippen LogP contribution in [-0.2, 0) is 0 Å². The van der Waals surface area contributed by atoms with Crippen molar-refractivity contribution in [2.45, 2.75) is 65.3 Å². The van der Waals surface area contributed by atoms with Crippen LogP contribution in [0.3, 0.4) is 0 Å². The van der Waals surface area contributed by atoms with Gasteiger partial charge >= 0.3 is 6.03 Å². The minimum atomic E-state index is -0.228. The SMILES string of the molecule is COc1cc2c(Oc3ccc(NC(=O)NCCC(C)(C)C)cc3)ccnc2cc1OCCN(CCO)C1CCCCC1. The van der Waals surface area contributed by atoms with Crippen LogP contribution in [-0.4, -0.2) is 67.0 Å². The average Bonchev–Trinajstić information content (AvgIpc) is 2.97. The minimum absolute atomic E-state index is 0.148. The van der Waals surface area contributed by atoms with Crippen molar-refractivity contribution in [3.8, 4) is 23.0 Å². The largest absolute Gasteiger partial charge is 0.493 e. The lowest BCUT2D eigenvalue weighted by atomic mass is 9.92. The van der Waals surface area contributed by atoms with Gasteiger partial charge in [0.15, 0.2) is 11.5 Å². The standard InChI is InChI=1S/C33H46N4O5/c1-33(2,3)15-17-35-32(39)36-24-10-12-26(13-11-24)42-29-14-16-34-28-23-31(30(40-4)22-27(28)29)41-21-19-37(18-20-38)25-8-6-5-7-9-25/h10-14,16,22-23,25,38H,5-9,15,17-21H2,1-4H3,(H2,35,36,39). The number of carbonyl (C=O) groups excluding carboxylic acids is 1. The molecule has 0 atom stereocenters. The number of amides is 2. The van der Waals surface area contributed by atoms with E-state index in [0.717, 1.165) is 23.9 Å². The third-order valence-corrected chi connectivity index (χ3v) is 7.60. The zero-order chi connectivity index (χ0) is 30.0. The van der Waals surface area contributed by atoms with Crippen molar-refractivity contribution in [2.75, 3.05) is 45.3 Å². The molecule has 9 nitrogen and oxygen atoms in total. The Morgan fingerprint density at radius 1 is 1.02 bits per heavy atom.